The lowest BCUT2D eigenvalue weighted by Crippen LogP contribution is -2.35. The monoisotopic (exact) mass is 298 g/mol. The van der Waals surface area contributed by atoms with E-state index in [0.717, 1.165) is 25.7 Å². The maximum atomic E-state index is 12.4. The van der Waals surface area contributed by atoms with E-state index >= 15 is 0 Å². The number of carbonyl (C=O) groups is 3. The molecule has 1 aliphatic carbocycles. The summed E-state index contributed by atoms with van der Waals surface area (Å²) in [4.78, 5) is 36.6. The van der Waals surface area contributed by atoms with Gasteiger partial charge >= 0.3 is 0 Å². The predicted octanol–water partition coefficient (Wildman–Crippen LogP) is 2.65. The highest BCUT2D eigenvalue weighted by atomic mass is 16.2. The molecule has 1 fully saturated rings. The number of hydrogen-bond acceptors (Lipinski definition) is 3. The van der Waals surface area contributed by atoms with E-state index in [0.29, 0.717) is 5.69 Å². The highest BCUT2D eigenvalue weighted by Gasteiger charge is 2.30. The maximum Gasteiger partial charge on any atom is 0.256 e. The van der Waals surface area contributed by atoms with E-state index < -0.39 is 0 Å². The molecule has 2 aliphatic rings. The van der Waals surface area contributed by atoms with Crippen LogP contribution < -0.4 is 10.6 Å². The average Bonchev–Trinajstić information content (AvgIpc) is 2.53. The molecule has 0 saturated heterocycles. The summed E-state index contributed by atoms with van der Waals surface area (Å²) in [7, 11) is 0. The Hall–Kier alpha value is -2.43. The van der Waals surface area contributed by atoms with Crippen LogP contribution in [0.4, 0.5) is 5.69 Å². The van der Waals surface area contributed by atoms with E-state index in [-0.39, 0.29) is 40.3 Å². The molecule has 0 unspecified atom stereocenters. The molecule has 1 aliphatic heterocycles. The highest BCUT2D eigenvalue weighted by molar-refractivity contribution is 6.24. The number of allylic oxidation sites excluding steroid dienone is 1. The quantitative estimate of drug-likeness (QED) is 0.824. The fourth-order valence-electron chi connectivity index (χ4n) is 3.10. The third kappa shape index (κ3) is 2.54. The largest absolute Gasteiger partial charge is 0.325 e. The second-order valence-electron chi connectivity index (χ2n) is 5.81. The minimum atomic E-state index is -0.367. The molecule has 0 bridgehead atoms. The van der Waals surface area contributed by atoms with Gasteiger partial charge in [0.05, 0.1) is 22.5 Å². The van der Waals surface area contributed by atoms with Gasteiger partial charge in [-0.15, -0.1) is 0 Å². The van der Waals surface area contributed by atoms with Crippen molar-refractivity contribution in [3.63, 3.8) is 0 Å². The Morgan fingerprint density at radius 3 is 2.64 bits per heavy atom. The topological polar surface area (TPSA) is 75.3 Å². The molecule has 1 aromatic rings. The number of ketones is 1. The Kier molecular flexibility index (Phi) is 3.79. The standard InChI is InChI=1S/C17H18N2O3/c1-10-15(20)14-12(17(22)18-10)8-5-9-13(14)19-16(21)11-6-3-2-4-7-11/h5,8-9,11H,1-4,6-7H2,(H,18,22)(H,19,21). The van der Waals surface area contributed by atoms with E-state index in [1.54, 1.807) is 18.2 Å². The van der Waals surface area contributed by atoms with Gasteiger partial charge in [-0.3, -0.25) is 14.4 Å². The minimum Gasteiger partial charge on any atom is -0.325 e. The van der Waals surface area contributed by atoms with Crippen LogP contribution in [0.25, 0.3) is 0 Å². The van der Waals surface area contributed by atoms with Crippen molar-refractivity contribution >= 4 is 23.3 Å². The minimum absolute atomic E-state index is 0.0136. The molecule has 0 radical (unpaired) electrons. The van der Waals surface area contributed by atoms with Crippen LogP contribution in [0, 0.1) is 5.92 Å². The first-order valence-electron chi connectivity index (χ1n) is 7.57. The van der Waals surface area contributed by atoms with Crippen molar-refractivity contribution in [3.05, 3.63) is 41.6 Å². The highest BCUT2D eigenvalue weighted by Crippen LogP contribution is 2.29. The van der Waals surface area contributed by atoms with Gasteiger partial charge in [-0.25, -0.2) is 0 Å². The summed E-state index contributed by atoms with van der Waals surface area (Å²) in [6, 6.07) is 4.89. The zero-order chi connectivity index (χ0) is 15.7. The fraction of sp³-hybridized carbons (Fsp3) is 0.353. The Morgan fingerprint density at radius 2 is 1.91 bits per heavy atom. The van der Waals surface area contributed by atoms with Crippen molar-refractivity contribution in [1.29, 1.82) is 0 Å². The molecule has 3 rings (SSSR count). The lowest BCUT2D eigenvalue weighted by atomic mass is 9.88. The number of nitrogens with one attached hydrogen (secondary N) is 2. The summed E-state index contributed by atoms with van der Waals surface area (Å²) >= 11 is 0. The summed E-state index contributed by atoms with van der Waals surface area (Å²) in [6.07, 6.45) is 5.04. The molecular weight excluding hydrogens is 280 g/mol. The number of carbonyl (C=O) groups excluding carboxylic acids is 3. The molecule has 1 heterocycles. The lowest BCUT2D eigenvalue weighted by Gasteiger charge is -2.23. The van der Waals surface area contributed by atoms with Crippen LogP contribution in [-0.2, 0) is 4.79 Å². The summed E-state index contributed by atoms with van der Waals surface area (Å²) in [5.41, 5.74) is 0.949. The average molecular weight is 298 g/mol. The zero-order valence-corrected chi connectivity index (χ0v) is 12.3. The van der Waals surface area contributed by atoms with Gasteiger partial charge in [0, 0.05) is 5.92 Å². The molecule has 22 heavy (non-hydrogen) atoms. The Morgan fingerprint density at radius 1 is 1.18 bits per heavy atom. The second kappa shape index (κ2) is 5.75. The number of fused-ring (bicyclic) bond motifs is 1. The van der Waals surface area contributed by atoms with Crippen LogP contribution >= 0.6 is 0 Å². The van der Waals surface area contributed by atoms with E-state index in [2.05, 4.69) is 17.2 Å². The van der Waals surface area contributed by atoms with Crippen molar-refractivity contribution in [2.75, 3.05) is 5.32 Å². The Balaban J connectivity index is 1.90. The van der Waals surface area contributed by atoms with Gasteiger partial charge in [-0.2, -0.15) is 0 Å². The van der Waals surface area contributed by atoms with Crippen molar-refractivity contribution in [2.45, 2.75) is 32.1 Å². The van der Waals surface area contributed by atoms with Crippen LogP contribution in [0.2, 0.25) is 0 Å². The van der Waals surface area contributed by atoms with E-state index in [1.165, 1.54) is 6.42 Å². The van der Waals surface area contributed by atoms with Gasteiger partial charge < -0.3 is 10.6 Å². The summed E-state index contributed by atoms with van der Waals surface area (Å²) in [5.74, 6) is -0.805. The summed E-state index contributed by atoms with van der Waals surface area (Å²) in [5, 5.41) is 5.26. The van der Waals surface area contributed by atoms with Crippen LogP contribution in [0.5, 0.6) is 0 Å². The van der Waals surface area contributed by atoms with Crippen molar-refractivity contribution in [3.8, 4) is 0 Å². The molecular formula is C17H18N2O3. The molecule has 114 valence electrons. The van der Waals surface area contributed by atoms with Gasteiger partial charge in [0.25, 0.3) is 5.91 Å². The number of anilines is 1. The first-order valence-corrected chi connectivity index (χ1v) is 7.57. The van der Waals surface area contributed by atoms with Gasteiger partial charge in [0.1, 0.15) is 0 Å². The molecule has 0 atom stereocenters. The van der Waals surface area contributed by atoms with Gasteiger partial charge in [-0.1, -0.05) is 31.9 Å². The van der Waals surface area contributed by atoms with E-state index in [9.17, 15) is 14.4 Å². The number of benzene rings is 1. The molecule has 2 N–H and O–H groups in total. The number of Topliss-reactive ketones (excluding diaryl/α,β-unsaturated/α-hetero) is 1. The third-order valence-electron chi connectivity index (χ3n) is 4.31. The Labute approximate surface area is 128 Å². The smallest absolute Gasteiger partial charge is 0.256 e. The fourth-order valence-corrected chi connectivity index (χ4v) is 3.10. The van der Waals surface area contributed by atoms with E-state index in [1.807, 2.05) is 0 Å². The predicted molar refractivity (Wildman–Crippen MR) is 82.6 cm³/mol. The van der Waals surface area contributed by atoms with Crippen LogP contribution in [0.1, 0.15) is 52.8 Å². The number of amides is 2. The van der Waals surface area contributed by atoms with Gasteiger partial charge in [0.15, 0.2) is 0 Å². The number of rotatable bonds is 2. The summed E-state index contributed by atoms with van der Waals surface area (Å²) < 4.78 is 0. The van der Waals surface area contributed by atoms with Gasteiger partial charge in [0.2, 0.25) is 11.7 Å². The van der Waals surface area contributed by atoms with Crippen LogP contribution in [0.15, 0.2) is 30.5 Å². The second-order valence-corrected chi connectivity index (χ2v) is 5.81. The number of hydrogen-bond donors (Lipinski definition) is 2. The molecule has 0 spiro atoms. The van der Waals surface area contributed by atoms with Crippen molar-refractivity contribution in [2.24, 2.45) is 5.92 Å². The first-order chi connectivity index (χ1) is 10.6. The van der Waals surface area contributed by atoms with Crippen LogP contribution in [0.3, 0.4) is 0 Å². The molecule has 5 nitrogen and oxygen atoms in total. The third-order valence-corrected chi connectivity index (χ3v) is 4.31. The lowest BCUT2D eigenvalue weighted by molar-refractivity contribution is -0.120. The molecule has 2 amide bonds. The molecule has 0 aromatic heterocycles. The normalized spacial score (nSPS) is 18.6. The van der Waals surface area contributed by atoms with Crippen LogP contribution in [-0.4, -0.2) is 17.6 Å². The molecule has 1 saturated carbocycles. The molecule has 1 aromatic carbocycles. The zero-order valence-electron chi connectivity index (χ0n) is 12.3. The van der Waals surface area contributed by atoms with E-state index in [4.69, 9.17) is 0 Å². The summed E-state index contributed by atoms with van der Waals surface area (Å²) in [6.45, 7) is 3.56. The Bertz CT molecular complexity index is 672. The van der Waals surface area contributed by atoms with Crippen molar-refractivity contribution < 1.29 is 14.4 Å². The molecule has 5 heteroatoms. The SMILES string of the molecule is C=C1NC(=O)c2cccc(NC(=O)C3CCCCC3)c2C1=O. The first kappa shape index (κ1) is 14.5. The van der Waals surface area contributed by atoms with Crippen molar-refractivity contribution in [1.82, 2.24) is 5.32 Å². The maximum absolute atomic E-state index is 12.4. The van der Waals surface area contributed by atoms with Gasteiger partial charge in [-0.05, 0) is 25.0 Å².